The van der Waals surface area contributed by atoms with Crippen LogP contribution in [0.3, 0.4) is 0 Å². The molecular formula is C17H26N2O4. The van der Waals surface area contributed by atoms with Gasteiger partial charge in [-0.25, -0.2) is 4.79 Å². The van der Waals surface area contributed by atoms with Gasteiger partial charge in [-0.1, -0.05) is 31.4 Å². The van der Waals surface area contributed by atoms with Crippen LogP contribution in [0.15, 0.2) is 12.2 Å². The summed E-state index contributed by atoms with van der Waals surface area (Å²) in [5, 5.41) is 5.06. The van der Waals surface area contributed by atoms with Crippen LogP contribution in [0.1, 0.15) is 58.3 Å². The Morgan fingerprint density at radius 2 is 1.83 bits per heavy atom. The number of carbonyl (C=O) groups is 3. The molecule has 3 amide bonds. The van der Waals surface area contributed by atoms with Gasteiger partial charge in [-0.15, -0.1) is 0 Å². The summed E-state index contributed by atoms with van der Waals surface area (Å²) in [5.74, 6) is -1.14. The second-order valence-corrected chi connectivity index (χ2v) is 6.36. The van der Waals surface area contributed by atoms with E-state index < -0.39 is 18.0 Å². The highest BCUT2D eigenvalue weighted by Crippen LogP contribution is 2.20. The molecule has 0 unspecified atom stereocenters. The number of nitrogens with one attached hydrogen (secondary N) is 2. The number of urea groups is 1. The molecule has 6 nitrogen and oxygen atoms in total. The van der Waals surface area contributed by atoms with Gasteiger partial charge in [-0.3, -0.25) is 14.9 Å². The maximum atomic E-state index is 12.0. The monoisotopic (exact) mass is 322 g/mol. The summed E-state index contributed by atoms with van der Waals surface area (Å²) in [4.78, 5) is 35.8. The molecule has 2 atom stereocenters. The average Bonchev–Trinajstić information content (AvgIpc) is 2.56. The maximum absolute atomic E-state index is 12.0. The molecule has 0 saturated heterocycles. The topological polar surface area (TPSA) is 84.5 Å². The lowest BCUT2D eigenvalue weighted by Gasteiger charge is -2.23. The Labute approximate surface area is 137 Å². The van der Waals surface area contributed by atoms with Crippen LogP contribution in [0, 0.1) is 5.92 Å². The number of amides is 3. The molecule has 2 aliphatic carbocycles. The molecular weight excluding hydrogens is 296 g/mol. The highest BCUT2D eigenvalue weighted by molar-refractivity contribution is 5.97. The van der Waals surface area contributed by atoms with Gasteiger partial charge < -0.3 is 10.1 Å². The van der Waals surface area contributed by atoms with Crippen molar-refractivity contribution in [2.45, 2.75) is 70.4 Å². The van der Waals surface area contributed by atoms with E-state index >= 15 is 0 Å². The van der Waals surface area contributed by atoms with E-state index in [-0.39, 0.29) is 17.9 Å². The molecule has 0 aliphatic heterocycles. The Hall–Kier alpha value is -1.85. The van der Waals surface area contributed by atoms with Gasteiger partial charge >= 0.3 is 12.0 Å². The van der Waals surface area contributed by atoms with Crippen LogP contribution in [0.2, 0.25) is 0 Å². The summed E-state index contributed by atoms with van der Waals surface area (Å²) >= 11 is 0. The Kier molecular flexibility index (Phi) is 6.62. The van der Waals surface area contributed by atoms with E-state index in [0.29, 0.717) is 6.42 Å². The highest BCUT2D eigenvalue weighted by Gasteiger charge is 2.26. The van der Waals surface area contributed by atoms with Crippen molar-refractivity contribution in [3.8, 4) is 0 Å². The Morgan fingerprint density at radius 1 is 1.09 bits per heavy atom. The van der Waals surface area contributed by atoms with E-state index in [1.54, 1.807) is 0 Å². The van der Waals surface area contributed by atoms with Crippen molar-refractivity contribution in [1.82, 2.24) is 10.6 Å². The predicted molar refractivity (Wildman–Crippen MR) is 85.6 cm³/mol. The number of rotatable bonds is 4. The summed E-state index contributed by atoms with van der Waals surface area (Å²) in [6.45, 7) is 1.49. The Morgan fingerprint density at radius 3 is 2.48 bits per heavy atom. The molecule has 0 aromatic carbocycles. The quantitative estimate of drug-likeness (QED) is 0.615. The standard InChI is InChI=1S/C17H26N2O4/c1-12(23-16(21)13-8-4-2-5-9-13)15(20)19-17(22)18-14-10-6-3-7-11-14/h2,4,12-14H,3,5-11H2,1H3,(H2,18,19,20,22)/t12-,13+/m0/s1. The van der Waals surface area contributed by atoms with Crippen LogP contribution in [-0.2, 0) is 14.3 Å². The smallest absolute Gasteiger partial charge is 0.321 e. The van der Waals surface area contributed by atoms with E-state index in [1.165, 1.54) is 13.3 Å². The van der Waals surface area contributed by atoms with Crippen molar-refractivity contribution in [3.05, 3.63) is 12.2 Å². The van der Waals surface area contributed by atoms with Crippen LogP contribution in [-0.4, -0.2) is 30.1 Å². The average molecular weight is 322 g/mol. The molecule has 2 N–H and O–H groups in total. The molecule has 2 aliphatic rings. The number of allylic oxidation sites excluding steroid dienone is 2. The molecule has 0 spiro atoms. The van der Waals surface area contributed by atoms with Crippen LogP contribution >= 0.6 is 0 Å². The number of imide groups is 1. The van der Waals surface area contributed by atoms with Gasteiger partial charge in [-0.05, 0) is 39.0 Å². The molecule has 1 fully saturated rings. The Balaban J connectivity index is 1.72. The zero-order valence-electron chi connectivity index (χ0n) is 13.7. The lowest BCUT2D eigenvalue weighted by molar-refractivity contribution is -0.158. The molecule has 0 radical (unpaired) electrons. The molecule has 1 saturated carbocycles. The highest BCUT2D eigenvalue weighted by atomic mass is 16.5. The van der Waals surface area contributed by atoms with Gasteiger partial charge in [0.05, 0.1) is 5.92 Å². The van der Waals surface area contributed by atoms with E-state index in [9.17, 15) is 14.4 Å². The van der Waals surface area contributed by atoms with Gasteiger partial charge in [0.1, 0.15) is 0 Å². The molecule has 6 heteroatoms. The third-order valence-corrected chi connectivity index (χ3v) is 4.44. The second kappa shape index (κ2) is 8.70. The van der Waals surface area contributed by atoms with Crippen molar-refractivity contribution in [2.75, 3.05) is 0 Å². The first-order valence-corrected chi connectivity index (χ1v) is 8.53. The van der Waals surface area contributed by atoms with Crippen LogP contribution in [0.4, 0.5) is 4.79 Å². The predicted octanol–water partition coefficient (Wildman–Crippen LogP) is 2.43. The van der Waals surface area contributed by atoms with Gasteiger partial charge in [0.2, 0.25) is 0 Å². The number of esters is 1. The van der Waals surface area contributed by atoms with Gasteiger partial charge in [0.15, 0.2) is 6.10 Å². The van der Waals surface area contributed by atoms with E-state index in [2.05, 4.69) is 10.6 Å². The fourth-order valence-electron chi connectivity index (χ4n) is 3.01. The normalized spacial score (nSPS) is 22.9. The summed E-state index contributed by atoms with van der Waals surface area (Å²) in [6, 6.07) is -0.381. The minimum Gasteiger partial charge on any atom is -0.452 e. The van der Waals surface area contributed by atoms with Gasteiger partial charge in [0, 0.05) is 6.04 Å². The summed E-state index contributed by atoms with van der Waals surface area (Å²) in [5.41, 5.74) is 0. The van der Waals surface area contributed by atoms with E-state index in [1.807, 2.05) is 12.2 Å². The van der Waals surface area contributed by atoms with Crippen molar-refractivity contribution < 1.29 is 19.1 Å². The molecule has 23 heavy (non-hydrogen) atoms. The number of carbonyl (C=O) groups excluding carboxylic acids is 3. The third-order valence-electron chi connectivity index (χ3n) is 4.44. The summed E-state index contributed by atoms with van der Waals surface area (Å²) in [7, 11) is 0. The molecule has 0 heterocycles. The van der Waals surface area contributed by atoms with E-state index in [0.717, 1.165) is 38.5 Å². The largest absolute Gasteiger partial charge is 0.452 e. The van der Waals surface area contributed by atoms with Gasteiger partial charge in [-0.2, -0.15) is 0 Å². The van der Waals surface area contributed by atoms with Crippen LogP contribution in [0.5, 0.6) is 0 Å². The first-order valence-electron chi connectivity index (χ1n) is 8.53. The van der Waals surface area contributed by atoms with Crippen LogP contribution < -0.4 is 10.6 Å². The molecule has 0 aromatic rings. The van der Waals surface area contributed by atoms with Crippen molar-refractivity contribution in [1.29, 1.82) is 0 Å². The lowest BCUT2D eigenvalue weighted by Crippen LogP contribution is -2.48. The minimum atomic E-state index is -0.967. The van der Waals surface area contributed by atoms with Crippen molar-refractivity contribution in [3.63, 3.8) is 0 Å². The minimum absolute atomic E-state index is 0.128. The lowest BCUT2D eigenvalue weighted by atomic mass is 9.95. The SMILES string of the molecule is C[C@H](OC(=O)[C@@H]1CC=CCC1)C(=O)NC(=O)NC1CCCCC1. The number of ether oxygens (including phenoxy) is 1. The summed E-state index contributed by atoms with van der Waals surface area (Å²) < 4.78 is 5.18. The van der Waals surface area contributed by atoms with Crippen molar-refractivity contribution >= 4 is 17.9 Å². The molecule has 0 aromatic heterocycles. The zero-order valence-corrected chi connectivity index (χ0v) is 13.7. The van der Waals surface area contributed by atoms with Gasteiger partial charge in [0.25, 0.3) is 5.91 Å². The fourth-order valence-corrected chi connectivity index (χ4v) is 3.01. The fraction of sp³-hybridized carbons (Fsp3) is 0.706. The molecule has 0 bridgehead atoms. The molecule has 2 rings (SSSR count). The van der Waals surface area contributed by atoms with E-state index in [4.69, 9.17) is 4.74 Å². The van der Waals surface area contributed by atoms with Crippen molar-refractivity contribution in [2.24, 2.45) is 5.92 Å². The first-order chi connectivity index (χ1) is 11.1. The Bertz CT molecular complexity index is 469. The first kappa shape index (κ1) is 17.5. The second-order valence-electron chi connectivity index (χ2n) is 6.36. The summed E-state index contributed by atoms with van der Waals surface area (Å²) in [6.07, 6.45) is 10.6. The number of hydrogen-bond acceptors (Lipinski definition) is 4. The third kappa shape index (κ3) is 5.69. The molecule has 128 valence electrons. The van der Waals surface area contributed by atoms with Crippen LogP contribution in [0.25, 0.3) is 0 Å². The number of hydrogen-bond donors (Lipinski definition) is 2. The zero-order chi connectivity index (χ0) is 16.7. The maximum Gasteiger partial charge on any atom is 0.321 e.